The number of carbonyl (C=O) groups is 1. The van der Waals surface area contributed by atoms with Crippen LogP contribution in [0.2, 0.25) is 0 Å². The molecule has 0 radical (unpaired) electrons. The molecule has 0 unspecified atom stereocenters. The summed E-state index contributed by atoms with van der Waals surface area (Å²) in [4.78, 5) is 16.2. The summed E-state index contributed by atoms with van der Waals surface area (Å²) in [5.74, 6) is 0.407. The summed E-state index contributed by atoms with van der Waals surface area (Å²) in [5, 5.41) is 0. The van der Waals surface area contributed by atoms with Crippen LogP contribution < -0.4 is 0 Å². The fraction of sp³-hybridized carbons (Fsp3) is 0.929. The Kier molecular flexibility index (Phi) is 8.23. The molecule has 0 aromatic rings. The lowest BCUT2D eigenvalue weighted by atomic mass is 10.0. The highest BCUT2D eigenvalue weighted by molar-refractivity contribution is 5.78. The van der Waals surface area contributed by atoms with E-state index in [0.717, 1.165) is 32.5 Å². The summed E-state index contributed by atoms with van der Waals surface area (Å²) in [6.07, 6.45) is 2.26. The Morgan fingerprint density at radius 3 is 2.12 bits per heavy atom. The van der Waals surface area contributed by atoms with Gasteiger partial charge >= 0.3 is 0 Å². The van der Waals surface area contributed by atoms with Crippen molar-refractivity contribution in [3.8, 4) is 0 Å². The average Bonchev–Trinajstić information content (AvgIpc) is 2.39. The Balaban J connectivity index is 0.00000121. The molecule has 102 valence electrons. The molecular formula is C14H30N2O. The molecule has 0 saturated carbocycles. The van der Waals surface area contributed by atoms with Crippen molar-refractivity contribution in [2.45, 2.75) is 53.5 Å². The Bertz CT molecular complexity index is 208. The number of amides is 1. The van der Waals surface area contributed by atoms with Crippen molar-refractivity contribution in [2.75, 3.05) is 26.7 Å². The van der Waals surface area contributed by atoms with Gasteiger partial charge in [-0.15, -0.1) is 0 Å². The molecule has 0 aromatic heterocycles. The largest absolute Gasteiger partial charge is 0.342 e. The Hall–Kier alpha value is -0.570. The van der Waals surface area contributed by atoms with Crippen LogP contribution in [0.1, 0.15) is 47.5 Å². The summed E-state index contributed by atoms with van der Waals surface area (Å²) in [6, 6.07) is 0.461. The highest BCUT2D eigenvalue weighted by Crippen LogP contribution is 2.16. The number of piperidine rings is 1. The summed E-state index contributed by atoms with van der Waals surface area (Å²) in [6.45, 7) is 13.5. The lowest BCUT2D eigenvalue weighted by molar-refractivity contribution is -0.136. The minimum absolute atomic E-state index is 0.124. The van der Waals surface area contributed by atoms with Gasteiger partial charge in [0.25, 0.3) is 0 Å². The third-order valence-corrected chi connectivity index (χ3v) is 3.39. The molecule has 3 heteroatoms. The van der Waals surface area contributed by atoms with E-state index in [1.165, 1.54) is 0 Å². The molecule has 1 aliphatic heterocycles. The fourth-order valence-corrected chi connectivity index (χ4v) is 2.21. The van der Waals surface area contributed by atoms with Crippen molar-refractivity contribution < 1.29 is 4.79 Å². The van der Waals surface area contributed by atoms with Crippen molar-refractivity contribution in [3.05, 3.63) is 0 Å². The number of hydrogen-bond donors (Lipinski definition) is 0. The molecule has 0 aromatic carbocycles. The van der Waals surface area contributed by atoms with E-state index in [4.69, 9.17) is 0 Å². The minimum atomic E-state index is 0.124. The zero-order chi connectivity index (χ0) is 13.4. The quantitative estimate of drug-likeness (QED) is 0.759. The van der Waals surface area contributed by atoms with E-state index in [2.05, 4.69) is 11.8 Å². The predicted molar refractivity (Wildman–Crippen MR) is 74.1 cm³/mol. The molecule has 17 heavy (non-hydrogen) atoms. The van der Waals surface area contributed by atoms with Gasteiger partial charge in [0.05, 0.1) is 0 Å². The molecule has 1 rings (SSSR count). The van der Waals surface area contributed by atoms with Gasteiger partial charge in [0.15, 0.2) is 0 Å². The maximum Gasteiger partial charge on any atom is 0.225 e. The minimum Gasteiger partial charge on any atom is -0.342 e. The van der Waals surface area contributed by atoms with E-state index in [1.807, 2.05) is 39.6 Å². The molecule has 1 amide bonds. The first kappa shape index (κ1) is 16.4. The number of carbonyl (C=O) groups excluding carboxylic acids is 1. The van der Waals surface area contributed by atoms with E-state index >= 15 is 0 Å². The first-order valence-electron chi connectivity index (χ1n) is 7.05. The second-order valence-electron chi connectivity index (χ2n) is 4.77. The van der Waals surface area contributed by atoms with Crippen LogP contribution in [0.4, 0.5) is 0 Å². The van der Waals surface area contributed by atoms with Gasteiger partial charge in [-0.05, 0) is 19.4 Å². The normalized spacial score (nSPS) is 17.6. The van der Waals surface area contributed by atoms with Gasteiger partial charge in [0.2, 0.25) is 5.91 Å². The zero-order valence-corrected chi connectivity index (χ0v) is 12.5. The standard InChI is InChI=1S/C12H24N2O.C2H6/c1-5-14-8-6-11(7-9-14)13(4)12(15)10(2)3;1-2/h10-11H,5-9H2,1-4H3;1-2H3. The lowest BCUT2D eigenvalue weighted by Gasteiger charge is -2.37. The topological polar surface area (TPSA) is 23.6 Å². The summed E-state index contributed by atoms with van der Waals surface area (Å²) in [5.41, 5.74) is 0. The highest BCUT2D eigenvalue weighted by Gasteiger charge is 2.25. The van der Waals surface area contributed by atoms with Crippen LogP contribution in [0.15, 0.2) is 0 Å². The first-order chi connectivity index (χ1) is 8.06. The van der Waals surface area contributed by atoms with Gasteiger partial charge < -0.3 is 9.80 Å². The van der Waals surface area contributed by atoms with Crippen molar-refractivity contribution in [1.82, 2.24) is 9.80 Å². The van der Waals surface area contributed by atoms with Crippen LogP contribution in [0.5, 0.6) is 0 Å². The Morgan fingerprint density at radius 2 is 1.76 bits per heavy atom. The van der Waals surface area contributed by atoms with E-state index in [0.29, 0.717) is 6.04 Å². The fourth-order valence-electron chi connectivity index (χ4n) is 2.21. The van der Waals surface area contributed by atoms with Gasteiger partial charge in [-0.1, -0.05) is 34.6 Å². The summed E-state index contributed by atoms with van der Waals surface area (Å²) < 4.78 is 0. The average molecular weight is 242 g/mol. The third-order valence-electron chi connectivity index (χ3n) is 3.39. The van der Waals surface area contributed by atoms with E-state index in [9.17, 15) is 4.79 Å². The molecule has 0 aliphatic carbocycles. The van der Waals surface area contributed by atoms with Crippen LogP contribution in [0, 0.1) is 5.92 Å². The molecule has 1 saturated heterocycles. The van der Waals surface area contributed by atoms with Crippen molar-refractivity contribution in [1.29, 1.82) is 0 Å². The smallest absolute Gasteiger partial charge is 0.225 e. The monoisotopic (exact) mass is 242 g/mol. The molecule has 0 bridgehead atoms. The molecule has 0 N–H and O–H groups in total. The van der Waals surface area contributed by atoms with Gasteiger partial charge in [-0.3, -0.25) is 4.79 Å². The summed E-state index contributed by atoms with van der Waals surface area (Å²) in [7, 11) is 1.95. The molecule has 3 nitrogen and oxygen atoms in total. The van der Waals surface area contributed by atoms with Crippen LogP contribution in [0.3, 0.4) is 0 Å². The molecular weight excluding hydrogens is 212 g/mol. The van der Waals surface area contributed by atoms with Crippen LogP contribution in [0.25, 0.3) is 0 Å². The van der Waals surface area contributed by atoms with E-state index in [-0.39, 0.29) is 11.8 Å². The molecule has 0 atom stereocenters. The first-order valence-corrected chi connectivity index (χ1v) is 7.05. The maximum atomic E-state index is 11.8. The second kappa shape index (κ2) is 8.51. The van der Waals surface area contributed by atoms with Crippen LogP contribution in [-0.4, -0.2) is 48.4 Å². The zero-order valence-electron chi connectivity index (χ0n) is 12.5. The Morgan fingerprint density at radius 1 is 1.29 bits per heavy atom. The van der Waals surface area contributed by atoms with Gasteiger partial charge in [0.1, 0.15) is 0 Å². The lowest BCUT2D eigenvalue weighted by Crippen LogP contribution is -2.46. The predicted octanol–water partition coefficient (Wildman–Crippen LogP) is 2.61. The van der Waals surface area contributed by atoms with Gasteiger partial charge in [-0.25, -0.2) is 0 Å². The van der Waals surface area contributed by atoms with Gasteiger partial charge in [-0.2, -0.15) is 0 Å². The van der Waals surface area contributed by atoms with Crippen LogP contribution in [-0.2, 0) is 4.79 Å². The number of likely N-dealkylation sites (tertiary alicyclic amines) is 1. The van der Waals surface area contributed by atoms with E-state index in [1.54, 1.807) is 0 Å². The molecule has 1 aliphatic rings. The van der Waals surface area contributed by atoms with Crippen molar-refractivity contribution >= 4 is 5.91 Å². The van der Waals surface area contributed by atoms with Crippen LogP contribution >= 0.6 is 0 Å². The summed E-state index contributed by atoms with van der Waals surface area (Å²) >= 11 is 0. The molecule has 1 fully saturated rings. The van der Waals surface area contributed by atoms with Crippen molar-refractivity contribution in [3.63, 3.8) is 0 Å². The molecule has 0 spiro atoms. The van der Waals surface area contributed by atoms with Crippen molar-refractivity contribution in [2.24, 2.45) is 5.92 Å². The highest BCUT2D eigenvalue weighted by atomic mass is 16.2. The SMILES string of the molecule is CC.CCN1CCC(N(C)C(=O)C(C)C)CC1. The molecule has 1 heterocycles. The second-order valence-corrected chi connectivity index (χ2v) is 4.77. The van der Waals surface area contributed by atoms with E-state index < -0.39 is 0 Å². The third kappa shape index (κ3) is 5.07. The van der Waals surface area contributed by atoms with Gasteiger partial charge in [0, 0.05) is 32.1 Å². The number of rotatable bonds is 3. The number of nitrogens with zero attached hydrogens (tertiary/aromatic N) is 2. The maximum absolute atomic E-state index is 11.8. The number of hydrogen-bond acceptors (Lipinski definition) is 2. The Labute approximate surface area is 107 Å².